The van der Waals surface area contributed by atoms with Gasteiger partial charge in [-0.25, -0.2) is 13.5 Å². The molecule has 1 amide bonds. The molecule has 1 heterocycles. The van der Waals surface area contributed by atoms with Crippen molar-refractivity contribution in [2.24, 2.45) is 0 Å². The first-order valence-electron chi connectivity index (χ1n) is 7.03. The molecule has 0 aliphatic heterocycles. The van der Waals surface area contributed by atoms with Crippen LogP contribution in [0.1, 0.15) is 16.1 Å². The number of amides is 1. The zero-order valence-electron chi connectivity index (χ0n) is 12.6. The van der Waals surface area contributed by atoms with Crippen molar-refractivity contribution >= 4 is 27.7 Å². The van der Waals surface area contributed by atoms with Crippen LogP contribution in [-0.2, 0) is 0 Å². The molecular formula is C17H12BrF2N3O. The Labute approximate surface area is 145 Å². The van der Waals surface area contributed by atoms with Gasteiger partial charge in [-0.1, -0.05) is 22.0 Å². The summed E-state index contributed by atoms with van der Waals surface area (Å²) >= 11 is 3.39. The van der Waals surface area contributed by atoms with E-state index in [2.05, 4.69) is 26.3 Å². The fourth-order valence-electron chi connectivity index (χ4n) is 2.22. The molecule has 0 atom stereocenters. The summed E-state index contributed by atoms with van der Waals surface area (Å²) < 4.78 is 28.7. The minimum absolute atomic E-state index is 0.0218. The molecule has 1 aromatic heterocycles. The molecule has 3 rings (SSSR count). The highest BCUT2D eigenvalue weighted by Crippen LogP contribution is 2.21. The quantitative estimate of drug-likeness (QED) is 0.715. The predicted octanol–water partition coefficient (Wildman–Crippen LogP) is 4.47. The van der Waals surface area contributed by atoms with E-state index in [4.69, 9.17) is 0 Å². The Balaban J connectivity index is 1.93. The van der Waals surface area contributed by atoms with Crippen molar-refractivity contribution in [3.63, 3.8) is 0 Å². The maximum atomic E-state index is 13.3. The van der Waals surface area contributed by atoms with E-state index in [0.29, 0.717) is 11.5 Å². The fourth-order valence-corrected chi connectivity index (χ4v) is 2.61. The normalized spacial score (nSPS) is 10.7. The van der Waals surface area contributed by atoms with E-state index in [1.54, 1.807) is 17.7 Å². The Morgan fingerprint density at radius 3 is 2.62 bits per heavy atom. The Morgan fingerprint density at radius 2 is 1.92 bits per heavy atom. The highest BCUT2D eigenvalue weighted by molar-refractivity contribution is 9.10. The summed E-state index contributed by atoms with van der Waals surface area (Å²) in [7, 11) is 0. The summed E-state index contributed by atoms with van der Waals surface area (Å²) in [5.74, 6) is -2.19. The van der Waals surface area contributed by atoms with Crippen LogP contribution in [0.4, 0.5) is 14.6 Å². The lowest BCUT2D eigenvalue weighted by atomic mass is 10.2. The van der Waals surface area contributed by atoms with Gasteiger partial charge in [0.1, 0.15) is 5.82 Å². The molecule has 0 radical (unpaired) electrons. The molecule has 122 valence electrons. The molecule has 0 saturated carbocycles. The largest absolute Gasteiger partial charge is 0.306 e. The van der Waals surface area contributed by atoms with Crippen LogP contribution in [0, 0.1) is 18.6 Å². The number of hydrogen-bond donors (Lipinski definition) is 1. The van der Waals surface area contributed by atoms with Crippen molar-refractivity contribution in [1.29, 1.82) is 0 Å². The summed E-state index contributed by atoms with van der Waals surface area (Å²) in [6.45, 7) is 1.79. The molecule has 0 aliphatic rings. The molecule has 2 aromatic carbocycles. The van der Waals surface area contributed by atoms with Crippen molar-refractivity contribution in [2.45, 2.75) is 6.92 Å². The Hall–Kier alpha value is -2.54. The number of halogens is 3. The van der Waals surface area contributed by atoms with Crippen molar-refractivity contribution < 1.29 is 13.6 Å². The van der Waals surface area contributed by atoms with Crippen LogP contribution >= 0.6 is 15.9 Å². The third-order valence-electron chi connectivity index (χ3n) is 3.31. The van der Waals surface area contributed by atoms with E-state index in [1.807, 2.05) is 24.3 Å². The summed E-state index contributed by atoms with van der Waals surface area (Å²) in [6.07, 6.45) is 0. The highest BCUT2D eigenvalue weighted by atomic mass is 79.9. The number of aryl methyl sites for hydroxylation is 1. The number of carbonyl (C=O) groups is 1. The van der Waals surface area contributed by atoms with Gasteiger partial charge in [-0.2, -0.15) is 5.10 Å². The first-order valence-corrected chi connectivity index (χ1v) is 7.82. The second-order valence-corrected chi connectivity index (χ2v) is 6.06. The van der Waals surface area contributed by atoms with Gasteiger partial charge in [0.05, 0.1) is 11.4 Å². The zero-order valence-corrected chi connectivity index (χ0v) is 14.1. The third kappa shape index (κ3) is 3.35. The van der Waals surface area contributed by atoms with Gasteiger partial charge in [0.2, 0.25) is 0 Å². The topological polar surface area (TPSA) is 46.9 Å². The van der Waals surface area contributed by atoms with Crippen molar-refractivity contribution in [3.8, 4) is 5.69 Å². The zero-order chi connectivity index (χ0) is 17.3. The Morgan fingerprint density at radius 1 is 1.12 bits per heavy atom. The average molecular weight is 392 g/mol. The molecule has 0 unspecified atom stereocenters. The second-order valence-electron chi connectivity index (χ2n) is 5.15. The van der Waals surface area contributed by atoms with Crippen LogP contribution in [0.5, 0.6) is 0 Å². The number of anilines is 1. The molecule has 0 bridgehead atoms. The lowest BCUT2D eigenvalue weighted by molar-refractivity contribution is 0.102. The van der Waals surface area contributed by atoms with E-state index in [0.717, 1.165) is 22.3 Å². The van der Waals surface area contributed by atoms with Crippen LogP contribution in [0.2, 0.25) is 0 Å². The molecule has 1 N–H and O–H groups in total. The number of nitrogens with zero attached hydrogens (tertiary/aromatic N) is 2. The molecule has 24 heavy (non-hydrogen) atoms. The summed E-state index contributed by atoms with van der Waals surface area (Å²) in [5, 5.41) is 7.02. The number of rotatable bonds is 3. The van der Waals surface area contributed by atoms with Gasteiger partial charge in [-0.05, 0) is 43.3 Å². The van der Waals surface area contributed by atoms with Gasteiger partial charge < -0.3 is 5.32 Å². The van der Waals surface area contributed by atoms with Crippen molar-refractivity contribution in [2.75, 3.05) is 5.32 Å². The molecule has 0 fully saturated rings. The van der Waals surface area contributed by atoms with Gasteiger partial charge in [0, 0.05) is 16.1 Å². The second kappa shape index (κ2) is 6.52. The first-order chi connectivity index (χ1) is 11.4. The summed E-state index contributed by atoms with van der Waals surface area (Å²) in [4.78, 5) is 12.3. The Kier molecular flexibility index (Phi) is 4.44. The van der Waals surface area contributed by atoms with E-state index >= 15 is 0 Å². The number of nitrogens with one attached hydrogen (secondary N) is 1. The van der Waals surface area contributed by atoms with Crippen LogP contribution in [0.25, 0.3) is 5.69 Å². The molecule has 7 heteroatoms. The van der Waals surface area contributed by atoms with Gasteiger partial charge in [-0.15, -0.1) is 0 Å². The maximum absolute atomic E-state index is 13.3. The minimum atomic E-state index is -1.07. The SMILES string of the molecule is Cc1cc(NC(=O)c2ccc(F)c(F)c2)n(-c2cccc(Br)c2)n1. The molecule has 3 aromatic rings. The lowest BCUT2D eigenvalue weighted by Crippen LogP contribution is -2.15. The van der Waals surface area contributed by atoms with Crippen molar-refractivity contribution in [3.05, 3.63) is 75.9 Å². The van der Waals surface area contributed by atoms with Crippen molar-refractivity contribution in [1.82, 2.24) is 9.78 Å². The van der Waals surface area contributed by atoms with Crippen LogP contribution < -0.4 is 5.32 Å². The highest BCUT2D eigenvalue weighted by Gasteiger charge is 2.14. The summed E-state index contributed by atoms with van der Waals surface area (Å²) in [6, 6.07) is 12.1. The minimum Gasteiger partial charge on any atom is -0.306 e. The molecule has 0 spiro atoms. The standard InChI is InChI=1S/C17H12BrF2N3O/c1-10-7-16(23(22-10)13-4-2-3-12(18)9-13)21-17(24)11-5-6-14(19)15(20)8-11/h2-9H,1H3,(H,21,24). The smallest absolute Gasteiger partial charge is 0.256 e. The van der Waals surface area contributed by atoms with Gasteiger partial charge in [0.25, 0.3) is 5.91 Å². The monoisotopic (exact) mass is 391 g/mol. The molecular weight excluding hydrogens is 380 g/mol. The summed E-state index contributed by atoms with van der Waals surface area (Å²) in [5.41, 5.74) is 1.47. The number of aromatic nitrogens is 2. The number of carbonyl (C=O) groups excluding carboxylic acids is 1. The van der Waals surface area contributed by atoms with Gasteiger partial charge in [-0.3, -0.25) is 4.79 Å². The van der Waals surface area contributed by atoms with Crippen LogP contribution in [-0.4, -0.2) is 15.7 Å². The molecule has 4 nitrogen and oxygen atoms in total. The van der Waals surface area contributed by atoms with Gasteiger partial charge in [0.15, 0.2) is 11.6 Å². The lowest BCUT2D eigenvalue weighted by Gasteiger charge is -2.09. The first kappa shape index (κ1) is 16.3. The third-order valence-corrected chi connectivity index (χ3v) is 3.80. The molecule has 0 saturated heterocycles. The van der Waals surface area contributed by atoms with E-state index in [9.17, 15) is 13.6 Å². The van der Waals surface area contributed by atoms with Crippen LogP contribution in [0.3, 0.4) is 0 Å². The van der Waals surface area contributed by atoms with E-state index in [1.165, 1.54) is 6.07 Å². The average Bonchev–Trinajstić information content (AvgIpc) is 2.90. The fraction of sp³-hybridized carbons (Fsp3) is 0.0588. The number of hydrogen-bond acceptors (Lipinski definition) is 2. The number of benzene rings is 2. The van der Waals surface area contributed by atoms with E-state index in [-0.39, 0.29) is 5.56 Å². The van der Waals surface area contributed by atoms with E-state index < -0.39 is 17.5 Å². The van der Waals surface area contributed by atoms with Crippen LogP contribution in [0.15, 0.2) is 53.0 Å². The molecule has 0 aliphatic carbocycles. The predicted molar refractivity (Wildman–Crippen MR) is 90.3 cm³/mol. The maximum Gasteiger partial charge on any atom is 0.256 e. The Bertz CT molecular complexity index is 924. The van der Waals surface area contributed by atoms with Gasteiger partial charge >= 0.3 is 0 Å².